The summed E-state index contributed by atoms with van der Waals surface area (Å²) in [4.78, 5) is 8.93. The lowest BCUT2D eigenvalue weighted by Gasteiger charge is -2.15. The molecule has 0 saturated heterocycles. The molecule has 0 amide bonds. The first kappa shape index (κ1) is 13.5. The van der Waals surface area contributed by atoms with Gasteiger partial charge in [-0.3, -0.25) is 0 Å². The Hall–Kier alpha value is -1.52. The van der Waals surface area contributed by atoms with Crippen LogP contribution in [-0.2, 0) is 0 Å². The van der Waals surface area contributed by atoms with Crippen LogP contribution in [0.25, 0.3) is 11.2 Å². The maximum absolute atomic E-state index is 6.25. The van der Waals surface area contributed by atoms with Crippen LogP contribution in [0.4, 0.5) is 0 Å². The second-order valence-electron chi connectivity index (χ2n) is 4.64. The van der Waals surface area contributed by atoms with Crippen molar-refractivity contribution in [3.05, 3.63) is 47.3 Å². The molecule has 0 fully saturated rings. The van der Waals surface area contributed by atoms with Crippen LogP contribution in [0.2, 0.25) is 5.02 Å². The third-order valence-corrected chi connectivity index (χ3v) is 3.62. The molecule has 3 heterocycles. The highest BCUT2D eigenvalue weighted by molar-refractivity contribution is 6.31. The highest BCUT2D eigenvalue weighted by Crippen LogP contribution is 2.31. The van der Waals surface area contributed by atoms with Crippen LogP contribution in [0.3, 0.4) is 0 Å². The zero-order valence-corrected chi connectivity index (χ0v) is 12.6. The van der Waals surface area contributed by atoms with Crippen LogP contribution in [0, 0.1) is 0 Å². The molecule has 0 aromatic carbocycles. The van der Waals surface area contributed by atoms with E-state index in [0.29, 0.717) is 5.02 Å². The fourth-order valence-electron chi connectivity index (χ4n) is 2.29. The highest BCUT2D eigenvalue weighted by Gasteiger charge is 2.22. The molecule has 2 atom stereocenters. The molecule has 0 aliphatic carbocycles. The van der Waals surface area contributed by atoms with Gasteiger partial charge >= 0.3 is 0 Å². The van der Waals surface area contributed by atoms with E-state index in [-0.39, 0.29) is 11.4 Å². The van der Waals surface area contributed by atoms with Crippen molar-refractivity contribution in [3.63, 3.8) is 0 Å². The second kappa shape index (κ2) is 5.11. The lowest BCUT2D eigenvalue weighted by atomic mass is 10.2. The van der Waals surface area contributed by atoms with Gasteiger partial charge in [0.15, 0.2) is 5.65 Å². The van der Waals surface area contributed by atoms with Crippen LogP contribution in [0.5, 0.6) is 0 Å². The van der Waals surface area contributed by atoms with Crippen molar-refractivity contribution >= 4 is 34.4 Å². The standard InChI is InChI=1S/C14H13Cl2N3O/c1-8(15)13-18-11-6-10(16)7-17-14(11)19(13)9(2)12-4-3-5-20-12/h3-9H,1-2H3. The SMILES string of the molecule is CC(Cl)c1nc2cc(Cl)cnc2n1C(C)c1ccco1. The molecule has 0 aliphatic heterocycles. The van der Waals surface area contributed by atoms with Crippen LogP contribution >= 0.6 is 23.2 Å². The first-order chi connectivity index (χ1) is 9.58. The van der Waals surface area contributed by atoms with Crippen LogP contribution in [0.1, 0.15) is 36.9 Å². The minimum Gasteiger partial charge on any atom is -0.467 e. The molecule has 0 saturated carbocycles. The number of nitrogens with zero attached hydrogens (tertiary/aromatic N) is 3. The van der Waals surface area contributed by atoms with Gasteiger partial charge in [0, 0.05) is 6.20 Å². The van der Waals surface area contributed by atoms with E-state index in [9.17, 15) is 0 Å². The van der Waals surface area contributed by atoms with Crippen molar-refractivity contribution in [3.8, 4) is 0 Å². The van der Waals surface area contributed by atoms with E-state index < -0.39 is 0 Å². The summed E-state index contributed by atoms with van der Waals surface area (Å²) in [5.74, 6) is 1.58. The molecular formula is C14H13Cl2N3O. The minimum atomic E-state index is -0.236. The second-order valence-corrected chi connectivity index (χ2v) is 5.73. The Balaban J connectivity index is 2.24. The number of aromatic nitrogens is 3. The Morgan fingerprint density at radius 2 is 2.15 bits per heavy atom. The number of furan rings is 1. The predicted molar refractivity (Wildman–Crippen MR) is 79.3 cm³/mol. The van der Waals surface area contributed by atoms with E-state index in [1.807, 2.05) is 30.5 Å². The summed E-state index contributed by atoms with van der Waals surface area (Å²) in [6.45, 7) is 3.91. The lowest BCUT2D eigenvalue weighted by Crippen LogP contribution is -2.11. The molecule has 0 spiro atoms. The molecule has 4 nitrogen and oxygen atoms in total. The quantitative estimate of drug-likeness (QED) is 0.665. The van der Waals surface area contributed by atoms with Crippen molar-refractivity contribution in [2.24, 2.45) is 0 Å². The molecule has 0 radical (unpaired) electrons. The third-order valence-electron chi connectivity index (χ3n) is 3.22. The lowest BCUT2D eigenvalue weighted by molar-refractivity contribution is 0.443. The van der Waals surface area contributed by atoms with Crippen LogP contribution < -0.4 is 0 Å². The van der Waals surface area contributed by atoms with Crippen molar-refractivity contribution < 1.29 is 4.42 Å². The molecule has 3 aromatic heterocycles. The van der Waals surface area contributed by atoms with Gasteiger partial charge in [-0.2, -0.15) is 0 Å². The summed E-state index contributed by atoms with van der Waals surface area (Å²) in [7, 11) is 0. The molecule has 0 N–H and O–H groups in total. The molecule has 20 heavy (non-hydrogen) atoms. The largest absolute Gasteiger partial charge is 0.467 e. The van der Waals surface area contributed by atoms with E-state index in [0.717, 1.165) is 22.7 Å². The molecule has 6 heteroatoms. The van der Waals surface area contributed by atoms with E-state index in [1.54, 1.807) is 18.5 Å². The normalized spacial score (nSPS) is 14.6. The monoisotopic (exact) mass is 309 g/mol. The summed E-state index contributed by atoms with van der Waals surface area (Å²) in [6.07, 6.45) is 3.26. The van der Waals surface area contributed by atoms with Gasteiger partial charge < -0.3 is 8.98 Å². The van der Waals surface area contributed by atoms with Gasteiger partial charge in [0.2, 0.25) is 0 Å². The topological polar surface area (TPSA) is 43.9 Å². The number of hydrogen-bond acceptors (Lipinski definition) is 3. The van der Waals surface area contributed by atoms with Gasteiger partial charge in [0.05, 0.1) is 22.7 Å². The van der Waals surface area contributed by atoms with Gasteiger partial charge in [-0.25, -0.2) is 9.97 Å². The molecule has 3 rings (SSSR count). The minimum absolute atomic E-state index is 0.0418. The van der Waals surface area contributed by atoms with Gasteiger partial charge in [-0.05, 0) is 32.0 Å². The van der Waals surface area contributed by atoms with Gasteiger partial charge in [0.25, 0.3) is 0 Å². The Labute approximate surface area is 126 Å². The first-order valence-corrected chi connectivity index (χ1v) is 7.10. The maximum atomic E-state index is 6.25. The summed E-state index contributed by atoms with van der Waals surface area (Å²) in [5.41, 5.74) is 1.49. The zero-order chi connectivity index (χ0) is 14.3. The molecule has 3 aromatic rings. The van der Waals surface area contributed by atoms with Crippen LogP contribution in [-0.4, -0.2) is 14.5 Å². The number of hydrogen-bond donors (Lipinski definition) is 0. The van der Waals surface area contributed by atoms with E-state index >= 15 is 0 Å². The summed E-state index contributed by atoms with van der Waals surface area (Å²) in [6, 6.07) is 5.53. The Morgan fingerprint density at radius 1 is 1.35 bits per heavy atom. The summed E-state index contributed by atoms with van der Waals surface area (Å²) < 4.78 is 7.47. The van der Waals surface area contributed by atoms with Crippen molar-refractivity contribution in [2.75, 3.05) is 0 Å². The van der Waals surface area contributed by atoms with Gasteiger partial charge in [-0.1, -0.05) is 11.6 Å². The number of imidazole rings is 1. The van der Waals surface area contributed by atoms with E-state index in [4.69, 9.17) is 27.6 Å². The molecule has 0 aliphatic rings. The molecule has 0 bridgehead atoms. The highest BCUT2D eigenvalue weighted by atomic mass is 35.5. The van der Waals surface area contributed by atoms with Gasteiger partial charge in [0.1, 0.15) is 17.1 Å². The number of alkyl halides is 1. The number of pyridine rings is 1. The fraction of sp³-hybridized carbons (Fsp3) is 0.286. The molecule has 104 valence electrons. The number of rotatable bonds is 3. The predicted octanol–water partition coefficient (Wildman–Crippen LogP) is 4.59. The first-order valence-electron chi connectivity index (χ1n) is 6.28. The van der Waals surface area contributed by atoms with E-state index in [2.05, 4.69) is 9.97 Å². The van der Waals surface area contributed by atoms with Crippen molar-refractivity contribution in [1.82, 2.24) is 14.5 Å². The molecular weight excluding hydrogens is 297 g/mol. The zero-order valence-electron chi connectivity index (χ0n) is 11.0. The number of fused-ring (bicyclic) bond motifs is 1. The third kappa shape index (κ3) is 2.19. The summed E-state index contributed by atoms with van der Waals surface area (Å²) >= 11 is 12.2. The van der Waals surface area contributed by atoms with E-state index in [1.165, 1.54) is 0 Å². The Kier molecular flexibility index (Phi) is 3.44. The van der Waals surface area contributed by atoms with Crippen molar-refractivity contribution in [2.45, 2.75) is 25.3 Å². The fourth-order valence-corrected chi connectivity index (χ4v) is 2.60. The number of halogens is 2. The smallest absolute Gasteiger partial charge is 0.160 e. The average Bonchev–Trinajstić information content (AvgIpc) is 3.04. The van der Waals surface area contributed by atoms with Gasteiger partial charge in [-0.15, -0.1) is 11.6 Å². The van der Waals surface area contributed by atoms with Crippen LogP contribution in [0.15, 0.2) is 35.1 Å². The van der Waals surface area contributed by atoms with Crippen molar-refractivity contribution in [1.29, 1.82) is 0 Å². The summed E-state index contributed by atoms with van der Waals surface area (Å²) in [5, 5.41) is 0.321. The Bertz CT molecular complexity index is 734. The average molecular weight is 310 g/mol. The maximum Gasteiger partial charge on any atom is 0.160 e. The Morgan fingerprint density at radius 3 is 2.80 bits per heavy atom. The molecule has 2 unspecified atom stereocenters.